The molecule has 0 N–H and O–H groups in total. The third-order valence-electron chi connectivity index (χ3n) is 6.39. The van der Waals surface area contributed by atoms with Gasteiger partial charge in [-0.2, -0.15) is 0 Å². The van der Waals surface area contributed by atoms with Crippen LogP contribution < -0.4 is 0 Å². The summed E-state index contributed by atoms with van der Waals surface area (Å²) in [4.78, 5) is 1.15. The summed E-state index contributed by atoms with van der Waals surface area (Å²) in [6, 6.07) is 19.5. The van der Waals surface area contributed by atoms with Gasteiger partial charge in [0.2, 0.25) is 0 Å². The van der Waals surface area contributed by atoms with Crippen LogP contribution in [0.15, 0.2) is 59.5 Å². The van der Waals surface area contributed by atoms with Crippen molar-refractivity contribution in [3.8, 4) is 0 Å². The molecule has 3 rings (SSSR count). The minimum Gasteiger partial charge on any atom is -0.305 e. The fourth-order valence-electron chi connectivity index (χ4n) is 4.53. The van der Waals surface area contributed by atoms with Gasteiger partial charge in [-0.05, 0) is 60.8 Å². The Bertz CT molecular complexity index is 679. The maximum atomic E-state index is 5.79. The van der Waals surface area contributed by atoms with Gasteiger partial charge < -0.3 is 4.18 Å². The number of rotatable bonds is 12. The summed E-state index contributed by atoms with van der Waals surface area (Å²) in [5.41, 5.74) is 2.79. The van der Waals surface area contributed by atoms with E-state index in [0.717, 1.165) is 16.7 Å². The maximum absolute atomic E-state index is 5.79. The minimum absolute atomic E-state index is 0. The van der Waals surface area contributed by atoms with E-state index in [2.05, 4.69) is 43.3 Å². The first kappa shape index (κ1) is 37.0. The molecule has 198 valence electrons. The maximum Gasteiger partial charge on any atom is 0.0869 e. The lowest BCUT2D eigenvalue weighted by Crippen LogP contribution is -2.13. The van der Waals surface area contributed by atoms with Crippen LogP contribution in [0.1, 0.15) is 94.6 Å². The van der Waals surface area contributed by atoms with Gasteiger partial charge in [-0.1, -0.05) is 94.3 Å². The SMILES string of the molecule is CCCCCCCCC1CCC(c2ccc(COSc3ccccc3)cc2)CC1.F.F.F.F.F. The summed E-state index contributed by atoms with van der Waals surface area (Å²) in [7, 11) is 0. The van der Waals surface area contributed by atoms with Crippen molar-refractivity contribution in [2.24, 2.45) is 5.92 Å². The van der Waals surface area contributed by atoms with Crippen LogP contribution in [-0.2, 0) is 10.8 Å². The van der Waals surface area contributed by atoms with Crippen LogP contribution in [0, 0.1) is 5.92 Å². The van der Waals surface area contributed by atoms with Crippen molar-refractivity contribution in [3.63, 3.8) is 0 Å². The third kappa shape index (κ3) is 13.3. The van der Waals surface area contributed by atoms with Gasteiger partial charge in [0.15, 0.2) is 0 Å². The molecule has 34 heavy (non-hydrogen) atoms. The lowest BCUT2D eigenvalue weighted by molar-refractivity contribution is 0.301. The monoisotopic (exact) mass is 510 g/mol. The zero-order valence-electron chi connectivity index (χ0n) is 20.2. The molecule has 1 saturated carbocycles. The lowest BCUT2D eigenvalue weighted by atomic mass is 9.77. The molecule has 0 aliphatic heterocycles. The largest absolute Gasteiger partial charge is 0.305 e. The average molecular weight is 511 g/mol. The summed E-state index contributed by atoms with van der Waals surface area (Å²) in [5, 5.41) is 0. The highest BCUT2D eigenvalue weighted by Gasteiger charge is 2.22. The van der Waals surface area contributed by atoms with E-state index in [-0.39, 0.29) is 23.5 Å². The van der Waals surface area contributed by atoms with Gasteiger partial charge in [0, 0.05) is 16.9 Å². The van der Waals surface area contributed by atoms with Crippen molar-refractivity contribution < 1.29 is 27.7 Å². The Morgan fingerprint density at radius 1 is 0.706 bits per heavy atom. The Labute approximate surface area is 206 Å². The van der Waals surface area contributed by atoms with E-state index >= 15 is 0 Å². The molecule has 1 nitrogen and oxygen atoms in total. The first-order valence-electron chi connectivity index (χ1n) is 11.8. The van der Waals surface area contributed by atoms with Crippen LogP contribution in [0.2, 0.25) is 0 Å². The summed E-state index contributed by atoms with van der Waals surface area (Å²) in [6.45, 7) is 2.95. The van der Waals surface area contributed by atoms with Gasteiger partial charge in [0.1, 0.15) is 0 Å². The molecule has 0 aromatic heterocycles. The second-order valence-corrected chi connectivity index (χ2v) is 9.55. The van der Waals surface area contributed by atoms with Gasteiger partial charge in [0.25, 0.3) is 0 Å². The summed E-state index contributed by atoms with van der Waals surface area (Å²) < 4.78 is 5.79. The van der Waals surface area contributed by atoms with Crippen LogP contribution in [0.4, 0.5) is 23.5 Å². The molecule has 2 aromatic rings. The Hall–Kier alpha value is -1.60. The molecule has 0 atom stereocenters. The van der Waals surface area contributed by atoms with Gasteiger partial charge in [-0.15, -0.1) is 0 Å². The first-order valence-corrected chi connectivity index (χ1v) is 12.5. The molecule has 0 radical (unpaired) electrons. The molecule has 0 bridgehead atoms. The van der Waals surface area contributed by atoms with Crippen LogP contribution in [0.25, 0.3) is 0 Å². The predicted octanol–water partition coefficient (Wildman–Crippen LogP) is 9.70. The summed E-state index contributed by atoms with van der Waals surface area (Å²) >= 11 is 1.46. The van der Waals surface area contributed by atoms with E-state index in [9.17, 15) is 0 Å². The molecule has 7 heteroatoms. The summed E-state index contributed by atoms with van der Waals surface area (Å²) in [5.74, 6) is 1.75. The molecule has 0 amide bonds. The van der Waals surface area contributed by atoms with Crippen molar-refractivity contribution in [2.75, 3.05) is 0 Å². The average Bonchev–Trinajstić information content (AvgIpc) is 2.78. The number of benzene rings is 2. The first-order chi connectivity index (χ1) is 14.3. The quantitative estimate of drug-likeness (QED) is 0.160. The molecule has 1 fully saturated rings. The van der Waals surface area contributed by atoms with Crippen LogP contribution in [-0.4, -0.2) is 0 Å². The van der Waals surface area contributed by atoms with Gasteiger partial charge in [-0.25, -0.2) is 0 Å². The minimum atomic E-state index is 0. The van der Waals surface area contributed by atoms with Gasteiger partial charge in [-0.3, -0.25) is 23.5 Å². The Morgan fingerprint density at radius 3 is 1.91 bits per heavy atom. The molecule has 2 aromatic carbocycles. The van der Waals surface area contributed by atoms with Crippen LogP contribution in [0.3, 0.4) is 0 Å². The highest BCUT2D eigenvalue weighted by atomic mass is 32.2. The van der Waals surface area contributed by atoms with E-state index < -0.39 is 0 Å². The lowest BCUT2D eigenvalue weighted by Gasteiger charge is -2.29. The topological polar surface area (TPSA) is 9.23 Å². The zero-order valence-corrected chi connectivity index (χ0v) is 21.0. The van der Waals surface area contributed by atoms with Crippen molar-refractivity contribution in [3.05, 3.63) is 65.7 Å². The molecular formula is C27H43F5OS. The molecule has 1 aliphatic rings. The van der Waals surface area contributed by atoms with E-state index in [4.69, 9.17) is 4.18 Å². The van der Waals surface area contributed by atoms with E-state index in [1.165, 1.54) is 93.8 Å². The smallest absolute Gasteiger partial charge is 0.0869 e. The zero-order chi connectivity index (χ0) is 20.2. The Morgan fingerprint density at radius 2 is 1.29 bits per heavy atom. The van der Waals surface area contributed by atoms with E-state index in [0.29, 0.717) is 6.61 Å². The van der Waals surface area contributed by atoms with Crippen LogP contribution in [0.5, 0.6) is 0 Å². The number of hydrogen-bond donors (Lipinski definition) is 0. The number of hydrogen-bond acceptors (Lipinski definition) is 2. The number of unbranched alkanes of at least 4 members (excludes halogenated alkanes) is 5. The molecule has 0 heterocycles. The fraction of sp³-hybridized carbons (Fsp3) is 0.556. The predicted molar refractivity (Wildman–Crippen MR) is 139 cm³/mol. The van der Waals surface area contributed by atoms with Crippen molar-refractivity contribution in [1.29, 1.82) is 0 Å². The summed E-state index contributed by atoms with van der Waals surface area (Å²) in [6.07, 6.45) is 15.6. The Kier molecular flexibility index (Phi) is 23.8. The van der Waals surface area contributed by atoms with E-state index in [1.54, 1.807) is 0 Å². The van der Waals surface area contributed by atoms with E-state index in [1.807, 2.05) is 18.2 Å². The Balaban J connectivity index is -0.00000192. The van der Waals surface area contributed by atoms with Gasteiger partial charge in [0.05, 0.1) is 6.61 Å². The molecular weight excluding hydrogens is 467 g/mol. The molecule has 0 spiro atoms. The highest BCUT2D eigenvalue weighted by Crippen LogP contribution is 2.38. The second kappa shape index (κ2) is 21.9. The third-order valence-corrected chi connectivity index (χ3v) is 7.09. The number of halogens is 5. The molecule has 0 unspecified atom stereocenters. The highest BCUT2D eigenvalue weighted by molar-refractivity contribution is 7.94. The normalized spacial score (nSPS) is 16.5. The van der Waals surface area contributed by atoms with Crippen molar-refractivity contribution >= 4 is 12.0 Å². The van der Waals surface area contributed by atoms with Crippen molar-refractivity contribution in [2.45, 2.75) is 95.0 Å². The second-order valence-electron chi connectivity index (χ2n) is 8.67. The van der Waals surface area contributed by atoms with Gasteiger partial charge >= 0.3 is 0 Å². The van der Waals surface area contributed by atoms with Crippen molar-refractivity contribution in [1.82, 2.24) is 0 Å². The fourth-order valence-corrected chi connectivity index (χ4v) is 5.12. The molecule has 0 saturated heterocycles. The van der Waals surface area contributed by atoms with Crippen LogP contribution >= 0.6 is 12.0 Å². The molecule has 1 aliphatic carbocycles. The standard InChI is InChI=1S/C27H38OS.5FH/c1-2-3-4-5-6-8-11-23-14-18-25(19-15-23)26-20-16-24(17-21-26)22-28-29-27-12-9-7-10-13-27;;;;;/h7,9-10,12-13,16-17,20-21,23,25H,2-6,8,11,14-15,18-19,22H2,1H3;5*1H.